The number of carbonyl (C=O) groups excluding carboxylic acids is 1. The fourth-order valence-corrected chi connectivity index (χ4v) is 2.53. The van der Waals surface area contributed by atoms with Gasteiger partial charge in [0.2, 0.25) is 0 Å². The van der Waals surface area contributed by atoms with Crippen LogP contribution in [0.4, 0.5) is 10.5 Å². The van der Waals surface area contributed by atoms with Gasteiger partial charge in [0.15, 0.2) is 0 Å². The minimum absolute atomic E-state index is 0.168. The summed E-state index contributed by atoms with van der Waals surface area (Å²) < 4.78 is 0. The van der Waals surface area contributed by atoms with E-state index in [9.17, 15) is 9.59 Å². The number of hydrogen-bond donors (Lipinski definition) is 2. The van der Waals surface area contributed by atoms with Crippen molar-refractivity contribution in [3.05, 3.63) is 29.8 Å². The topological polar surface area (TPSA) is 72.9 Å². The van der Waals surface area contributed by atoms with Gasteiger partial charge in [-0.2, -0.15) is 0 Å². The maximum atomic E-state index is 12.2. The Morgan fingerprint density at radius 1 is 1.33 bits per heavy atom. The number of nitrogens with zero attached hydrogens (tertiary/aromatic N) is 2. The van der Waals surface area contributed by atoms with Crippen molar-refractivity contribution >= 4 is 17.7 Å². The van der Waals surface area contributed by atoms with Gasteiger partial charge in [-0.15, -0.1) is 0 Å². The number of urea groups is 1. The number of carboxylic acids is 1. The van der Waals surface area contributed by atoms with Crippen LogP contribution in [-0.2, 0) is 0 Å². The normalized spacial score (nSPS) is 19.0. The highest BCUT2D eigenvalue weighted by Gasteiger charge is 2.24. The molecule has 1 atom stereocenters. The highest BCUT2D eigenvalue weighted by Crippen LogP contribution is 2.15. The summed E-state index contributed by atoms with van der Waals surface area (Å²) in [6.45, 7) is 1.95. The van der Waals surface area contributed by atoms with Crippen LogP contribution in [0.25, 0.3) is 0 Å². The lowest BCUT2D eigenvalue weighted by molar-refractivity contribution is 0.0697. The van der Waals surface area contributed by atoms with Crippen LogP contribution < -0.4 is 5.32 Å². The number of likely N-dealkylation sites (tertiary alicyclic amines) is 1. The van der Waals surface area contributed by atoms with Gasteiger partial charge in [-0.1, -0.05) is 0 Å². The molecule has 114 valence electrons. The quantitative estimate of drug-likeness (QED) is 0.892. The summed E-state index contributed by atoms with van der Waals surface area (Å²) in [5.74, 6) is -0.977. The lowest BCUT2D eigenvalue weighted by Gasteiger charge is -2.35. The zero-order valence-corrected chi connectivity index (χ0v) is 12.4. The number of nitrogens with one attached hydrogen (secondary N) is 1. The first-order chi connectivity index (χ1) is 9.97. The third-order valence-corrected chi connectivity index (χ3v) is 3.85. The van der Waals surface area contributed by atoms with E-state index < -0.39 is 5.97 Å². The number of anilines is 1. The molecular formula is C15H21N3O3. The van der Waals surface area contributed by atoms with Gasteiger partial charge in [0.1, 0.15) is 0 Å². The van der Waals surface area contributed by atoms with Crippen molar-refractivity contribution in [2.75, 3.05) is 32.5 Å². The Bertz CT molecular complexity index is 515. The van der Waals surface area contributed by atoms with Crippen LogP contribution in [0, 0.1) is 0 Å². The average molecular weight is 291 g/mol. The molecule has 1 heterocycles. The maximum absolute atomic E-state index is 12.2. The summed E-state index contributed by atoms with van der Waals surface area (Å²) in [6, 6.07) is 6.20. The second-order valence-electron chi connectivity index (χ2n) is 5.48. The minimum atomic E-state index is -0.977. The maximum Gasteiger partial charge on any atom is 0.335 e. The molecular weight excluding hydrogens is 270 g/mol. The van der Waals surface area contributed by atoms with E-state index >= 15 is 0 Å². The van der Waals surface area contributed by atoms with Crippen LogP contribution in [0.5, 0.6) is 0 Å². The Balaban J connectivity index is 1.95. The number of likely N-dealkylation sites (N-methyl/N-ethyl adjacent to an activating group) is 2. The number of carbonyl (C=O) groups is 2. The van der Waals surface area contributed by atoms with E-state index in [0.29, 0.717) is 5.69 Å². The first kappa shape index (κ1) is 15.3. The third-order valence-electron chi connectivity index (χ3n) is 3.85. The van der Waals surface area contributed by atoms with E-state index in [1.165, 1.54) is 12.1 Å². The zero-order valence-electron chi connectivity index (χ0n) is 12.4. The number of piperidine rings is 1. The number of carboxylic acid groups (broad SMARTS) is 1. The molecule has 0 aliphatic carbocycles. The summed E-state index contributed by atoms with van der Waals surface area (Å²) in [5, 5.41) is 11.6. The minimum Gasteiger partial charge on any atom is -0.478 e. The van der Waals surface area contributed by atoms with Crippen molar-refractivity contribution in [1.29, 1.82) is 0 Å². The van der Waals surface area contributed by atoms with E-state index in [1.54, 1.807) is 24.1 Å². The Hall–Kier alpha value is -2.08. The van der Waals surface area contributed by atoms with Crippen molar-refractivity contribution in [1.82, 2.24) is 9.80 Å². The molecule has 2 amide bonds. The molecule has 1 aromatic rings. The smallest absolute Gasteiger partial charge is 0.335 e. The van der Waals surface area contributed by atoms with Gasteiger partial charge in [0, 0.05) is 25.3 Å². The Morgan fingerprint density at radius 3 is 2.57 bits per heavy atom. The molecule has 0 spiro atoms. The number of hydrogen-bond acceptors (Lipinski definition) is 3. The summed E-state index contributed by atoms with van der Waals surface area (Å²) >= 11 is 0. The Labute approximate surface area is 124 Å². The average Bonchev–Trinajstić information content (AvgIpc) is 2.47. The second kappa shape index (κ2) is 6.58. The van der Waals surface area contributed by atoms with Crippen LogP contribution in [0.1, 0.15) is 23.2 Å². The van der Waals surface area contributed by atoms with Crippen LogP contribution in [0.15, 0.2) is 24.3 Å². The molecule has 1 saturated heterocycles. The Kier molecular flexibility index (Phi) is 4.80. The van der Waals surface area contributed by atoms with Crippen molar-refractivity contribution in [2.45, 2.75) is 18.9 Å². The van der Waals surface area contributed by atoms with E-state index in [1.807, 2.05) is 0 Å². The molecule has 6 heteroatoms. The van der Waals surface area contributed by atoms with Crippen molar-refractivity contribution < 1.29 is 14.7 Å². The molecule has 21 heavy (non-hydrogen) atoms. The molecule has 1 unspecified atom stereocenters. The standard InChI is InChI=1S/C15H21N3O3/c1-17-9-3-4-13(10-17)18(2)15(21)16-12-7-5-11(6-8-12)14(19)20/h5-8,13H,3-4,9-10H2,1-2H3,(H,16,21)(H,19,20). The number of rotatable bonds is 3. The first-order valence-electron chi connectivity index (χ1n) is 7.03. The molecule has 0 bridgehead atoms. The molecule has 1 aromatic carbocycles. The fourth-order valence-electron chi connectivity index (χ4n) is 2.53. The van der Waals surface area contributed by atoms with Gasteiger partial charge in [0.25, 0.3) is 0 Å². The molecule has 6 nitrogen and oxygen atoms in total. The Morgan fingerprint density at radius 2 is 2.00 bits per heavy atom. The van der Waals surface area contributed by atoms with E-state index in [-0.39, 0.29) is 17.6 Å². The summed E-state index contributed by atoms with van der Waals surface area (Å²) in [4.78, 5) is 26.9. The molecule has 1 aliphatic rings. The molecule has 2 rings (SSSR count). The molecule has 1 aliphatic heterocycles. The van der Waals surface area contributed by atoms with Gasteiger partial charge in [-0.3, -0.25) is 0 Å². The number of benzene rings is 1. The highest BCUT2D eigenvalue weighted by atomic mass is 16.4. The van der Waals surface area contributed by atoms with Gasteiger partial charge in [0.05, 0.1) is 5.56 Å². The molecule has 0 radical (unpaired) electrons. The van der Waals surface area contributed by atoms with Crippen molar-refractivity contribution in [2.24, 2.45) is 0 Å². The van der Waals surface area contributed by atoms with E-state index in [0.717, 1.165) is 25.9 Å². The van der Waals surface area contributed by atoms with Crippen LogP contribution >= 0.6 is 0 Å². The lowest BCUT2D eigenvalue weighted by atomic mass is 10.1. The molecule has 0 saturated carbocycles. The molecule has 1 fully saturated rings. The molecule has 0 aromatic heterocycles. The number of aromatic carboxylic acids is 1. The predicted octanol–water partition coefficient (Wildman–Crippen LogP) is 1.94. The van der Waals surface area contributed by atoms with Crippen LogP contribution in [0.2, 0.25) is 0 Å². The SMILES string of the molecule is CN1CCCC(N(C)C(=O)Nc2ccc(C(=O)O)cc2)C1. The van der Waals surface area contributed by atoms with Gasteiger partial charge in [-0.25, -0.2) is 9.59 Å². The van der Waals surface area contributed by atoms with Crippen LogP contribution in [-0.4, -0.2) is 60.1 Å². The van der Waals surface area contributed by atoms with Gasteiger partial charge >= 0.3 is 12.0 Å². The lowest BCUT2D eigenvalue weighted by Crippen LogP contribution is -2.48. The fraction of sp³-hybridized carbons (Fsp3) is 0.467. The van der Waals surface area contributed by atoms with E-state index in [4.69, 9.17) is 5.11 Å². The third kappa shape index (κ3) is 3.95. The summed E-state index contributed by atoms with van der Waals surface area (Å²) in [5.41, 5.74) is 0.802. The molecule has 2 N–H and O–H groups in total. The summed E-state index contributed by atoms with van der Waals surface area (Å²) in [7, 11) is 3.85. The summed E-state index contributed by atoms with van der Waals surface area (Å²) in [6.07, 6.45) is 2.10. The largest absolute Gasteiger partial charge is 0.478 e. The monoisotopic (exact) mass is 291 g/mol. The van der Waals surface area contributed by atoms with Gasteiger partial charge < -0.3 is 20.2 Å². The number of amides is 2. The van der Waals surface area contributed by atoms with Crippen LogP contribution in [0.3, 0.4) is 0 Å². The highest BCUT2D eigenvalue weighted by molar-refractivity contribution is 5.91. The first-order valence-corrected chi connectivity index (χ1v) is 7.03. The predicted molar refractivity (Wildman–Crippen MR) is 80.7 cm³/mol. The second-order valence-corrected chi connectivity index (χ2v) is 5.48. The zero-order chi connectivity index (χ0) is 15.4. The van der Waals surface area contributed by atoms with Gasteiger partial charge in [-0.05, 0) is 50.7 Å². The van der Waals surface area contributed by atoms with Crippen molar-refractivity contribution in [3.8, 4) is 0 Å². The van der Waals surface area contributed by atoms with Crippen molar-refractivity contribution in [3.63, 3.8) is 0 Å². The van der Waals surface area contributed by atoms with E-state index in [2.05, 4.69) is 17.3 Å².